The SMILES string of the molecule is COc1cc(OCC(CO[Si](C)(C)C(C)(C)C)C(C)(C)O[Si]C(C)(C)C)c(C=O)cc1-c1cccs1. The Morgan fingerprint density at radius 3 is 2.19 bits per heavy atom. The normalized spacial score (nSPS) is 14.0. The summed E-state index contributed by atoms with van der Waals surface area (Å²) in [4.78, 5) is 13.1. The van der Waals surface area contributed by atoms with E-state index in [1.165, 1.54) is 0 Å². The van der Waals surface area contributed by atoms with Crippen molar-refractivity contribution >= 4 is 35.7 Å². The number of carbonyl (C=O) groups excluding carboxylic acids is 1. The first-order valence-corrected chi connectivity index (χ1v) is 17.1. The van der Waals surface area contributed by atoms with Crippen LogP contribution in [0.1, 0.15) is 65.7 Å². The van der Waals surface area contributed by atoms with Gasteiger partial charge in [-0.3, -0.25) is 4.79 Å². The summed E-state index contributed by atoms with van der Waals surface area (Å²) < 4.78 is 25.1. The molecule has 0 amide bonds. The molecule has 36 heavy (non-hydrogen) atoms. The van der Waals surface area contributed by atoms with Crippen molar-refractivity contribution in [1.29, 1.82) is 0 Å². The Balaban J connectivity index is 2.33. The van der Waals surface area contributed by atoms with Gasteiger partial charge in [-0.25, -0.2) is 0 Å². The lowest BCUT2D eigenvalue weighted by atomic mass is 9.92. The lowest BCUT2D eigenvalue weighted by molar-refractivity contribution is -0.00625. The average Bonchev–Trinajstić information content (AvgIpc) is 3.30. The van der Waals surface area contributed by atoms with Crippen LogP contribution in [0.25, 0.3) is 10.4 Å². The van der Waals surface area contributed by atoms with Crippen molar-refractivity contribution < 1.29 is 23.1 Å². The van der Waals surface area contributed by atoms with E-state index in [0.717, 1.165) is 16.7 Å². The molecule has 0 bridgehead atoms. The zero-order valence-electron chi connectivity index (χ0n) is 23.9. The van der Waals surface area contributed by atoms with Gasteiger partial charge in [0.1, 0.15) is 11.5 Å². The van der Waals surface area contributed by atoms with Crippen molar-refractivity contribution in [2.24, 2.45) is 5.92 Å². The molecule has 5 nitrogen and oxygen atoms in total. The van der Waals surface area contributed by atoms with E-state index in [1.54, 1.807) is 18.4 Å². The van der Waals surface area contributed by atoms with Crippen molar-refractivity contribution in [1.82, 2.24) is 0 Å². The predicted octanol–water partition coefficient (Wildman–Crippen LogP) is 7.89. The fourth-order valence-electron chi connectivity index (χ4n) is 3.12. The van der Waals surface area contributed by atoms with E-state index in [9.17, 15) is 4.79 Å². The summed E-state index contributed by atoms with van der Waals surface area (Å²) in [5, 5.41) is 2.18. The summed E-state index contributed by atoms with van der Waals surface area (Å²) in [7, 11) is 0.0100. The van der Waals surface area contributed by atoms with E-state index in [2.05, 4.69) is 68.5 Å². The molecule has 0 fully saturated rings. The third-order valence-electron chi connectivity index (χ3n) is 6.74. The largest absolute Gasteiger partial charge is 0.496 e. The van der Waals surface area contributed by atoms with Crippen LogP contribution in [-0.2, 0) is 8.85 Å². The van der Waals surface area contributed by atoms with Crippen LogP contribution in [0.2, 0.25) is 23.2 Å². The van der Waals surface area contributed by atoms with E-state index in [4.69, 9.17) is 18.3 Å². The first-order chi connectivity index (χ1) is 16.5. The van der Waals surface area contributed by atoms with Crippen LogP contribution in [0.4, 0.5) is 0 Å². The van der Waals surface area contributed by atoms with Gasteiger partial charge < -0.3 is 18.3 Å². The molecule has 1 aromatic heterocycles. The summed E-state index contributed by atoms with van der Waals surface area (Å²) in [5.74, 6) is 1.15. The molecule has 2 rings (SSSR count). The molecule has 1 aromatic carbocycles. The third-order valence-corrected chi connectivity index (χ3v) is 13.4. The molecule has 1 heterocycles. The minimum absolute atomic E-state index is 0.0380. The predicted molar refractivity (Wildman–Crippen MR) is 154 cm³/mol. The molecule has 0 aliphatic heterocycles. The number of rotatable bonds is 12. The smallest absolute Gasteiger partial charge is 0.236 e. The molecule has 0 saturated carbocycles. The summed E-state index contributed by atoms with van der Waals surface area (Å²) in [6.07, 6.45) is 0.843. The molecule has 2 radical (unpaired) electrons. The van der Waals surface area contributed by atoms with Gasteiger partial charge in [0.05, 0.1) is 24.9 Å². The maximum absolute atomic E-state index is 12.0. The zero-order chi connectivity index (χ0) is 27.4. The van der Waals surface area contributed by atoms with Crippen molar-refractivity contribution in [3.63, 3.8) is 0 Å². The van der Waals surface area contributed by atoms with Crippen LogP contribution < -0.4 is 9.47 Å². The third kappa shape index (κ3) is 8.28. The highest BCUT2D eigenvalue weighted by molar-refractivity contribution is 7.13. The van der Waals surface area contributed by atoms with Gasteiger partial charge in [-0.2, -0.15) is 0 Å². The number of methoxy groups -OCH3 is 1. The molecule has 8 heteroatoms. The monoisotopic (exact) mass is 548 g/mol. The molecule has 2 aromatic rings. The highest BCUT2D eigenvalue weighted by atomic mass is 32.1. The van der Waals surface area contributed by atoms with Crippen LogP contribution in [0, 0.1) is 5.92 Å². The van der Waals surface area contributed by atoms with Crippen molar-refractivity contribution in [2.45, 2.75) is 84.2 Å². The van der Waals surface area contributed by atoms with E-state index < -0.39 is 13.9 Å². The summed E-state index contributed by atoms with van der Waals surface area (Å²) >= 11 is 1.61. The Bertz CT molecular complexity index is 989. The van der Waals surface area contributed by atoms with Gasteiger partial charge in [0.2, 0.25) is 9.76 Å². The second-order valence-corrected chi connectivity index (χ2v) is 20.0. The minimum Gasteiger partial charge on any atom is -0.496 e. The molecule has 0 spiro atoms. The maximum atomic E-state index is 12.0. The first kappa shape index (κ1) is 30.8. The minimum atomic E-state index is -1.97. The average molecular weight is 549 g/mol. The highest BCUT2D eigenvalue weighted by Gasteiger charge is 2.40. The Morgan fingerprint density at radius 1 is 1.03 bits per heavy atom. The summed E-state index contributed by atoms with van der Waals surface area (Å²) in [6, 6.07) is 7.66. The van der Waals surface area contributed by atoms with Gasteiger partial charge in [-0.15, -0.1) is 11.3 Å². The molecule has 1 unspecified atom stereocenters. The Kier molecular flexibility index (Phi) is 10.2. The second-order valence-electron chi connectivity index (χ2n) is 12.3. The highest BCUT2D eigenvalue weighted by Crippen LogP contribution is 2.40. The number of hydrogen-bond acceptors (Lipinski definition) is 6. The van der Waals surface area contributed by atoms with Crippen LogP contribution in [0.5, 0.6) is 11.5 Å². The van der Waals surface area contributed by atoms with E-state index in [1.807, 2.05) is 29.6 Å². The number of ether oxygens (including phenoxy) is 2. The number of carbonyl (C=O) groups is 1. The van der Waals surface area contributed by atoms with Gasteiger partial charge in [-0.1, -0.05) is 47.6 Å². The van der Waals surface area contributed by atoms with Gasteiger partial charge in [-0.05, 0) is 54.5 Å². The van der Waals surface area contributed by atoms with Crippen molar-refractivity contribution in [2.75, 3.05) is 20.3 Å². The standard InChI is InChI=1S/C28H44O5SSi2/c1-26(2,3)35-33-28(7,8)21(19-32-36(10,11)27(4,5)6)18-31-23-16-24(30-9)22(15-20(23)17-29)25-13-12-14-34-25/h12-17,21H,18-19H2,1-11H3. The topological polar surface area (TPSA) is 54.0 Å². The van der Waals surface area contributed by atoms with E-state index in [0.29, 0.717) is 40.0 Å². The number of benzene rings is 1. The molecule has 1 atom stereocenters. The van der Waals surface area contributed by atoms with Gasteiger partial charge in [0, 0.05) is 29.0 Å². The zero-order valence-corrected chi connectivity index (χ0v) is 26.7. The molecule has 0 aliphatic carbocycles. The van der Waals surface area contributed by atoms with Crippen LogP contribution in [0.15, 0.2) is 29.6 Å². The van der Waals surface area contributed by atoms with E-state index in [-0.39, 0.29) is 16.0 Å². The number of hydrogen-bond donors (Lipinski definition) is 0. The molecular formula is C28H44O5SSi2. The summed E-state index contributed by atoms with van der Waals surface area (Å²) in [5.41, 5.74) is 0.907. The molecule has 200 valence electrons. The molecule has 0 N–H and O–H groups in total. The van der Waals surface area contributed by atoms with Gasteiger partial charge in [0.15, 0.2) is 14.6 Å². The van der Waals surface area contributed by atoms with E-state index >= 15 is 0 Å². The second kappa shape index (κ2) is 11.9. The summed E-state index contributed by atoms with van der Waals surface area (Å²) in [6.45, 7) is 22.9. The fourth-order valence-corrected chi connectivity index (χ4v) is 5.66. The van der Waals surface area contributed by atoms with Crippen molar-refractivity contribution in [3.8, 4) is 21.9 Å². The van der Waals surface area contributed by atoms with Gasteiger partial charge in [0.25, 0.3) is 0 Å². The molecule has 0 saturated heterocycles. The fraction of sp³-hybridized carbons (Fsp3) is 0.607. The lowest BCUT2D eigenvalue weighted by Crippen LogP contribution is -2.47. The maximum Gasteiger partial charge on any atom is 0.236 e. The Hall–Kier alpha value is -1.46. The van der Waals surface area contributed by atoms with Crippen LogP contribution >= 0.6 is 11.3 Å². The number of thiophene rings is 1. The molecular weight excluding hydrogens is 505 g/mol. The van der Waals surface area contributed by atoms with Gasteiger partial charge >= 0.3 is 0 Å². The number of aldehydes is 1. The van der Waals surface area contributed by atoms with Crippen molar-refractivity contribution in [3.05, 3.63) is 35.2 Å². The van der Waals surface area contributed by atoms with Crippen LogP contribution in [0.3, 0.4) is 0 Å². The Morgan fingerprint density at radius 2 is 1.69 bits per heavy atom. The Labute approximate surface area is 226 Å². The quantitative estimate of drug-likeness (QED) is 0.199. The lowest BCUT2D eigenvalue weighted by Gasteiger charge is -2.41. The van der Waals surface area contributed by atoms with Crippen LogP contribution in [-0.4, -0.2) is 50.3 Å². The first-order valence-electron chi connectivity index (χ1n) is 12.4. The molecule has 0 aliphatic rings.